The fraction of sp³-hybridized carbons (Fsp3) is 0.265. The molecule has 4 aromatic rings. The van der Waals surface area contributed by atoms with Crippen LogP contribution in [0.15, 0.2) is 97.1 Å². The fourth-order valence-electron chi connectivity index (χ4n) is 4.64. The molecule has 0 heterocycles. The molecule has 0 radical (unpaired) electrons. The van der Waals surface area contributed by atoms with Crippen molar-refractivity contribution in [1.82, 2.24) is 9.80 Å². The van der Waals surface area contributed by atoms with Crippen molar-refractivity contribution in [3.05, 3.63) is 139 Å². The third-order valence-corrected chi connectivity index (χ3v) is 7.99. The first-order valence-electron chi connectivity index (χ1n) is 13.8. The van der Waals surface area contributed by atoms with E-state index in [1.165, 1.54) is 16.0 Å². The van der Waals surface area contributed by atoms with Crippen LogP contribution in [0.4, 0.5) is 0 Å². The van der Waals surface area contributed by atoms with Gasteiger partial charge in [-0.25, -0.2) is 0 Å². The highest BCUT2D eigenvalue weighted by atomic mass is 35.5. The molecular formula is C34H36Cl4N2O3. The van der Waals surface area contributed by atoms with Gasteiger partial charge in [-0.1, -0.05) is 94.9 Å². The third-order valence-electron chi connectivity index (χ3n) is 6.99. The van der Waals surface area contributed by atoms with Crippen LogP contribution in [-0.4, -0.2) is 72.9 Å². The summed E-state index contributed by atoms with van der Waals surface area (Å²) in [5.74, 6) is -0.319. The number of aliphatic hydroxyl groups is 2. The summed E-state index contributed by atoms with van der Waals surface area (Å²) in [6, 6.07) is 30.2. The van der Waals surface area contributed by atoms with Crippen molar-refractivity contribution in [3.8, 4) is 0 Å². The number of amides is 1. The number of hydrogen-bond acceptors (Lipinski definition) is 4. The van der Waals surface area contributed by atoms with E-state index in [-0.39, 0.29) is 31.6 Å². The minimum Gasteiger partial charge on any atom is -0.395 e. The molecule has 0 spiro atoms. The zero-order valence-electron chi connectivity index (χ0n) is 24.1. The normalized spacial score (nSPS) is 11.0. The Morgan fingerprint density at radius 3 is 1.23 bits per heavy atom. The minimum atomic E-state index is -0.453. The summed E-state index contributed by atoms with van der Waals surface area (Å²) >= 11 is 23.8. The summed E-state index contributed by atoms with van der Waals surface area (Å²) in [5, 5.41) is 20.8. The molecule has 0 aromatic heterocycles. The minimum absolute atomic E-state index is 0.0732. The molecule has 0 aliphatic carbocycles. The van der Waals surface area contributed by atoms with Gasteiger partial charge in [0.1, 0.15) is 0 Å². The molecule has 0 aliphatic heterocycles. The van der Waals surface area contributed by atoms with E-state index in [4.69, 9.17) is 56.6 Å². The maximum Gasteiger partial charge on any atom is 0.234 e. The second-order valence-electron chi connectivity index (χ2n) is 10.2. The van der Waals surface area contributed by atoms with Crippen LogP contribution in [0.2, 0.25) is 20.1 Å². The van der Waals surface area contributed by atoms with Gasteiger partial charge in [0.15, 0.2) is 0 Å². The van der Waals surface area contributed by atoms with Gasteiger partial charge in [0, 0.05) is 52.7 Å². The van der Waals surface area contributed by atoms with Gasteiger partial charge >= 0.3 is 0 Å². The number of rotatable bonds is 11. The molecule has 43 heavy (non-hydrogen) atoms. The molecule has 9 heteroatoms. The summed E-state index contributed by atoms with van der Waals surface area (Å²) in [4.78, 5) is 16.4. The first kappa shape index (κ1) is 34.9. The zero-order valence-corrected chi connectivity index (χ0v) is 27.2. The van der Waals surface area contributed by atoms with Crippen LogP contribution in [0.3, 0.4) is 0 Å². The number of likely N-dealkylation sites (N-methyl/N-ethyl adjacent to an activating group) is 2. The maximum absolute atomic E-state index is 12.8. The summed E-state index contributed by atoms with van der Waals surface area (Å²) in [7, 11) is 3.69. The lowest BCUT2D eigenvalue weighted by Gasteiger charge is -2.24. The Morgan fingerprint density at radius 2 is 0.907 bits per heavy atom. The fourth-order valence-corrected chi connectivity index (χ4v) is 5.14. The quantitative estimate of drug-likeness (QED) is 0.174. The molecule has 0 bridgehead atoms. The average molecular weight is 662 g/mol. The first-order chi connectivity index (χ1) is 20.6. The SMILES string of the molecule is CN(CCO)C(=O)C(c1ccc(Cl)cc1)c1ccc(Cl)cc1.CN(CCO)CC(c1ccc(Cl)cc1)c1ccc(Cl)cc1. The van der Waals surface area contributed by atoms with Gasteiger partial charge in [-0.15, -0.1) is 0 Å². The maximum atomic E-state index is 12.8. The van der Waals surface area contributed by atoms with Crippen LogP contribution in [-0.2, 0) is 4.79 Å². The molecule has 228 valence electrons. The van der Waals surface area contributed by atoms with E-state index >= 15 is 0 Å². The monoisotopic (exact) mass is 660 g/mol. The molecule has 0 saturated heterocycles. The van der Waals surface area contributed by atoms with Crippen LogP contribution in [0.5, 0.6) is 0 Å². The Hall–Kier alpha value is -2.61. The van der Waals surface area contributed by atoms with Crippen molar-refractivity contribution in [1.29, 1.82) is 0 Å². The van der Waals surface area contributed by atoms with Crippen molar-refractivity contribution in [2.45, 2.75) is 11.8 Å². The van der Waals surface area contributed by atoms with E-state index in [2.05, 4.69) is 4.90 Å². The molecule has 1 amide bonds. The van der Waals surface area contributed by atoms with Crippen LogP contribution in [0.1, 0.15) is 34.1 Å². The number of halogens is 4. The number of hydrogen-bond donors (Lipinski definition) is 2. The Kier molecular flexibility index (Phi) is 14.3. The van der Waals surface area contributed by atoms with E-state index in [0.717, 1.165) is 27.7 Å². The lowest BCUT2D eigenvalue weighted by Crippen LogP contribution is -2.34. The molecule has 5 nitrogen and oxygen atoms in total. The van der Waals surface area contributed by atoms with E-state index in [9.17, 15) is 4.79 Å². The van der Waals surface area contributed by atoms with Crippen LogP contribution in [0.25, 0.3) is 0 Å². The molecule has 0 aliphatic rings. The van der Waals surface area contributed by atoms with Crippen LogP contribution < -0.4 is 0 Å². The van der Waals surface area contributed by atoms with E-state index in [1.807, 2.05) is 79.8 Å². The number of nitrogens with zero attached hydrogens (tertiary/aromatic N) is 2. The summed E-state index contributed by atoms with van der Waals surface area (Å²) < 4.78 is 0. The molecule has 0 atom stereocenters. The van der Waals surface area contributed by atoms with Crippen molar-refractivity contribution in [3.63, 3.8) is 0 Å². The predicted octanol–water partition coefficient (Wildman–Crippen LogP) is 7.63. The zero-order chi connectivity index (χ0) is 31.4. The molecule has 0 saturated carbocycles. The van der Waals surface area contributed by atoms with Crippen molar-refractivity contribution in [2.75, 3.05) is 46.9 Å². The second kappa shape index (κ2) is 17.6. The van der Waals surface area contributed by atoms with Gasteiger partial charge in [0.05, 0.1) is 19.1 Å². The highest BCUT2D eigenvalue weighted by molar-refractivity contribution is 6.31. The summed E-state index contributed by atoms with van der Waals surface area (Å²) in [6.07, 6.45) is 0. The average Bonchev–Trinajstić information content (AvgIpc) is 2.99. The van der Waals surface area contributed by atoms with Gasteiger partial charge in [0.25, 0.3) is 0 Å². The predicted molar refractivity (Wildman–Crippen MR) is 179 cm³/mol. The molecule has 4 rings (SSSR count). The number of aliphatic hydroxyl groups excluding tert-OH is 2. The topological polar surface area (TPSA) is 64.0 Å². The number of carbonyl (C=O) groups is 1. The molecule has 4 aromatic carbocycles. The van der Waals surface area contributed by atoms with Crippen molar-refractivity contribution < 1.29 is 15.0 Å². The van der Waals surface area contributed by atoms with Gasteiger partial charge in [-0.2, -0.15) is 0 Å². The van der Waals surface area contributed by atoms with Crippen molar-refractivity contribution in [2.24, 2.45) is 0 Å². The van der Waals surface area contributed by atoms with Gasteiger partial charge in [-0.3, -0.25) is 4.79 Å². The highest BCUT2D eigenvalue weighted by Crippen LogP contribution is 2.29. The number of carbonyl (C=O) groups excluding carboxylic acids is 1. The Bertz CT molecular complexity index is 1310. The van der Waals surface area contributed by atoms with Gasteiger partial charge in [-0.05, 0) is 77.8 Å². The Morgan fingerprint density at radius 1 is 0.581 bits per heavy atom. The molecule has 0 unspecified atom stereocenters. The number of benzene rings is 4. The highest BCUT2D eigenvalue weighted by Gasteiger charge is 2.25. The first-order valence-corrected chi connectivity index (χ1v) is 15.3. The molecule has 2 N–H and O–H groups in total. The van der Waals surface area contributed by atoms with E-state index in [0.29, 0.717) is 16.6 Å². The van der Waals surface area contributed by atoms with E-state index < -0.39 is 5.92 Å². The van der Waals surface area contributed by atoms with Crippen LogP contribution in [0, 0.1) is 0 Å². The smallest absolute Gasteiger partial charge is 0.234 e. The summed E-state index contributed by atoms with van der Waals surface area (Å²) in [5.41, 5.74) is 4.10. The third kappa shape index (κ3) is 10.8. The largest absolute Gasteiger partial charge is 0.395 e. The second-order valence-corrected chi connectivity index (χ2v) is 11.9. The molecular weight excluding hydrogens is 626 g/mol. The van der Waals surface area contributed by atoms with Gasteiger partial charge in [0.2, 0.25) is 5.91 Å². The van der Waals surface area contributed by atoms with Crippen molar-refractivity contribution >= 4 is 52.3 Å². The Labute approximate surface area is 274 Å². The van der Waals surface area contributed by atoms with Gasteiger partial charge < -0.3 is 20.0 Å². The van der Waals surface area contributed by atoms with E-state index in [1.54, 1.807) is 31.3 Å². The lowest BCUT2D eigenvalue weighted by molar-refractivity contribution is -0.131. The summed E-state index contributed by atoms with van der Waals surface area (Å²) in [6.45, 7) is 1.85. The molecule has 0 fully saturated rings. The standard InChI is InChI=1S/C17H17Cl2NO2.C17H19Cl2NO/c1-20(10-11-21)17(22)16(12-2-6-14(18)7-3-12)13-4-8-15(19)9-5-13;1-20(10-11-21)12-17(13-2-6-15(18)7-3-13)14-4-8-16(19)9-5-14/h2-9,16,21H,10-11H2,1H3;2-9,17,21H,10-12H2,1H3. The lowest BCUT2D eigenvalue weighted by atomic mass is 9.90. The van der Waals surface area contributed by atoms with Crippen LogP contribution >= 0.6 is 46.4 Å². The Balaban J connectivity index is 0.000000236.